The number of nitro groups is 1. The molecular weight excluding hydrogens is 388 g/mol. The van der Waals surface area contributed by atoms with Crippen molar-refractivity contribution in [3.63, 3.8) is 0 Å². The Morgan fingerprint density at radius 1 is 1.32 bits per heavy atom. The maximum Gasteiger partial charge on any atom is 0.417 e. The van der Waals surface area contributed by atoms with Crippen LogP contribution in [0.2, 0.25) is 10.0 Å². The quantitative estimate of drug-likeness (QED) is 0.452. The Morgan fingerprint density at radius 3 is 2.56 bits per heavy atom. The minimum Gasteiger partial charge on any atom is -0.502 e. The minimum atomic E-state index is -4.59. The fourth-order valence-electron chi connectivity index (χ4n) is 1.68. The Morgan fingerprint density at radius 2 is 2.00 bits per heavy atom. The number of nitrogens with zero attached hydrogens (tertiary/aromatic N) is 3. The Balaban J connectivity index is 2.24. The van der Waals surface area contributed by atoms with Gasteiger partial charge in [-0.05, 0) is 12.1 Å². The zero-order chi connectivity index (χ0) is 18.8. The normalized spacial score (nSPS) is 11.7. The van der Waals surface area contributed by atoms with Crippen LogP contribution in [0.25, 0.3) is 0 Å². The molecule has 0 saturated carbocycles. The maximum absolute atomic E-state index is 12.5. The number of pyridine rings is 1. The van der Waals surface area contributed by atoms with Crippen molar-refractivity contribution in [2.45, 2.75) is 6.18 Å². The van der Waals surface area contributed by atoms with Gasteiger partial charge in [-0.3, -0.25) is 15.5 Å². The molecule has 0 unspecified atom stereocenters. The number of phenols is 1. The van der Waals surface area contributed by atoms with Gasteiger partial charge in [0.25, 0.3) is 0 Å². The number of benzene rings is 1. The third-order valence-corrected chi connectivity index (χ3v) is 3.33. The third-order valence-electron chi connectivity index (χ3n) is 2.82. The lowest BCUT2D eigenvalue weighted by Crippen LogP contribution is -2.06. The van der Waals surface area contributed by atoms with Gasteiger partial charge in [-0.2, -0.15) is 18.3 Å². The molecule has 0 atom stereocenters. The lowest BCUT2D eigenvalue weighted by molar-refractivity contribution is -0.385. The van der Waals surface area contributed by atoms with Gasteiger partial charge >= 0.3 is 11.9 Å². The molecule has 1 aromatic heterocycles. The van der Waals surface area contributed by atoms with Crippen molar-refractivity contribution in [3.05, 3.63) is 55.7 Å². The van der Waals surface area contributed by atoms with Crippen molar-refractivity contribution in [1.82, 2.24) is 4.98 Å². The predicted octanol–water partition coefficient (Wildman–Crippen LogP) is 4.47. The summed E-state index contributed by atoms with van der Waals surface area (Å²) in [5.74, 6) is -0.853. The molecule has 1 heterocycles. The topological polar surface area (TPSA) is 101 Å². The second-order valence-electron chi connectivity index (χ2n) is 4.54. The van der Waals surface area contributed by atoms with Gasteiger partial charge < -0.3 is 5.11 Å². The van der Waals surface area contributed by atoms with Gasteiger partial charge in [-0.1, -0.05) is 23.2 Å². The monoisotopic (exact) mass is 394 g/mol. The lowest BCUT2D eigenvalue weighted by atomic mass is 10.2. The molecule has 2 N–H and O–H groups in total. The molecule has 2 aromatic rings. The predicted molar refractivity (Wildman–Crippen MR) is 85.2 cm³/mol. The average molecular weight is 395 g/mol. The number of aromatic nitrogens is 1. The summed E-state index contributed by atoms with van der Waals surface area (Å²) in [6, 6.07) is 2.82. The van der Waals surface area contributed by atoms with E-state index in [4.69, 9.17) is 23.2 Å². The van der Waals surface area contributed by atoms with E-state index < -0.39 is 28.1 Å². The molecule has 1 aromatic carbocycles. The van der Waals surface area contributed by atoms with Crippen LogP contribution in [0.5, 0.6) is 5.75 Å². The van der Waals surface area contributed by atoms with E-state index in [9.17, 15) is 28.4 Å². The van der Waals surface area contributed by atoms with Crippen LogP contribution < -0.4 is 5.43 Å². The van der Waals surface area contributed by atoms with Gasteiger partial charge in [0, 0.05) is 22.8 Å². The van der Waals surface area contributed by atoms with Gasteiger partial charge in [0.2, 0.25) is 5.75 Å². The second-order valence-corrected chi connectivity index (χ2v) is 5.39. The fourth-order valence-corrected chi connectivity index (χ4v) is 2.11. The second kappa shape index (κ2) is 7.11. The standard InChI is InChI=1S/C13H7Cl2F3N4O3/c14-8-1-6(11(23)10(3-8)22(24)25)4-20-21-12-9(15)2-7(5-19-12)13(16,17)18/h1-5,23H,(H,19,21). The number of anilines is 1. The molecule has 0 spiro atoms. The zero-order valence-electron chi connectivity index (χ0n) is 11.9. The highest BCUT2D eigenvalue weighted by atomic mass is 35.5. The number of aromatic hydroxyl groups is 1. The summed E-state index contributed by atoms with van der Waals surface area (Å²) >= 11 is 11.4. The van der Waals surface area contributed by atoms with Gasteiger partial charge in [-0.25, -0.2) is 4.98 Å². The fraction of sp³-hybridized carbons (Fsp3) is 0.0769. The van der Waals surface area contributed by atoms with Gasteiger partial charge in [0.15, 0.2) is 5.82 Å². The Kier molecular flexibility index (Phi) is 5.33. The number of nitro benzene ring substituents is 1. The van der Waals surface area contributed by atoms with E-state index in [0.717, 1.165) is 12.3 Å². The molecule has 132 valence electrons. The van der Waals surface area contributed by atoms with Crippen molar-refractivity contribution < 1.29 is 23.2 Å². The number of hydrogen-bond donors (Lipinski definition) is 2. The SMILES string of the molecule is O=[N+]([O-])c1cc(Cl)cc(C=NNc2ncc(C(F)(F)F)cc2Cl)c1O. The number of halogens is 5. The first-order chi connectivity index (χ1) is 11.6. The van der Waals surface area contributed by atoms with E-state index in [0.29, 0.717) is 12.3 Å². The summed E-state index contributed by atoms with van der Waals surface area (Å²) in [5, 5.41) is 23.8. The number of phenolic OH excluding ortho intramolecular Hbond substituents is 1. The first-order valence-corrected chi connectivity index (χ1v) is 7.04. The van der Waals surface area contributed by atoms with E-state index in [-0.39, 0.29) is 21.4 Å². The molecule has 12 heteroatoms. The number of alkyl halides is 3. The van der Waals surface area contributed by atoms with Crippen molar-refractivity contribution in [3.8, 4) is 5.75 Å². The molecule has 0 aliphatic carbocycles. The molecule has 0 bridgehead atoms. The number of hydrazone groups is 1. The van der Waals surface area contributed by atoms with E-state index in [1.54, 1.807) is 0 Å². The molecule has 25 heavy (non-hydrogen) atoms. The van der Waals surface area contributed by atoms with E-state index >= 15 is 0 Å². The highest BCUT2D eigenvalue weighted by molar-refractivity contribution is 6.33. The molecular formula is C13H7Cl2F3N4O3. The van der Waals surface area contributed by atoms with E-state index in [1.165, 1.54) is 6.07 Å². The largest absolute Gasteiger partial charge is 0.502 e. The van der Waals surface area contributed by atoms with Crippen molar-refractivity contribution in [2.75, 3.05) is 5.43 Å². The molecule has 0 aliphatic heterocycles. The van der Waals surface area contributed by atoms with Crippen LogP contribution in [0.4, 0.5) is 24.7 Å². The molecule has 0 radical (unpaired) electrons. The van der Waals surface area contributed by atoms with E-state index in [2.05, 4.69) is 15.5 Å². The Labute approximate surface area is 147 Å². The van der Waals surface area contributed by atoms with Crippen LogP contribution in [0.1, 0.15) is 11.1 Å². The molecule has 0 amide bonds. The van der Waals surface area contributed by atoms with Crippen LogP contribution in [-0.2, 0) is 6.18 Å². The summed E-state index contributed by atoms with van der Waals surface area (Å²) in [6.07, 6.45) is -3.06. The molecule has 0 aliphatic rings. The highest BCUT2D eigenvalue weighted by Crippen LogP contribution is 2.33. The first-order valence-electron chi connectivity index (χ1n) is 6.28. The number of nitrogens with one attached hydrogen (secondary N) is 1. The van der Waals surface area contributed by atoms with Gasteiger partial charge in [-0.15, -0.1) is 0 Å². The van der Waals surface area contributed by atoms with Crippen molar-refractivity contribution in [2.24, 2.45) is 5.10 Å². The van der Waals surface area contributed by atoms with Crippen molar-refractivity contribution in [1.29, 1.82) is 0 Å². The van der Waals surface area contributed by atoms with E-state index in [1.807, 2.05) is 0 Å². The summed E-state index contributed by atoms with van der Waals surface area (Å²) in [4.78, 5) is 13.4. The Bertz CT molecular complexity index is 859. The van der Waals surface area contributed by atoms with Crippen LogP contribution >= 0.6 is 23.2 Å². The summed E-state index contributed by atoms with van der Waals surface area (Å²) in [6.45, 7) is 0. The summed E-state index contributed by atoms with van der Waals surface area (Å²) < 4.78 is 37.5. The summed E-state index contributed by atoms with van der Waals surface area (Å²) in [7, 11) is 0. The minimum absolute atomic E-state index is 0.0170. The van der Waals surface area contributed by atoms with Gasteiger partial charge in [0.1, 0.15) is 0 Å². The number of rotatable bonds is 4. The lowest BCUT2D eigenvalue weighted by Gasteiger charge is -2.08. The van der Waals surface area contributed by atoms with Crippen LogP contribution in [-0.4, -0.2) is 21.2 Å². The first kappa shape index (κ1) is 18.7. The number of hydrogen-bond acceptors (Lipinski definition) is 6. The summed E-state index contributed by atoms with van der Waals surface area (Å²) in [5.41, 5.74) is 0.525. The highest BCUT2D eigenvalue weighted by Gasteiger charge is 2.31. The maximum atomic E-state index is 12.5. The van der Waals surface area contributed by atoms with Crippen molar-refractivity contribution >= 4 is 40.9 Å². The molecule has 0 fully saturated rings. The third kappa shape index (κ3) is 4.48. The smallest absolute Gasteiger partial charge is 0.417 e. The Hall–Kier alpha value is -2.59. The molecule has 7 nitrogen and oxygen atoms in total. The molecule has 2 rings (SSSR count). The van der Waals surface area contributed by atoms with Crippen LogP contribution in [0.15, 0.2) is 29.5 Å². The van der Waals surface area contributed by atoms with Gasteiger partial charge in [0.05, 0.1) is 21.7 Å². The average Bonchev–Trinajstić information content (AvgIpc) is 2.50. The van der Waals surface area contributed by atoms with Crippen LogP contribution in [0, 0.1) is 10.1 Å². The van der Waals surface area contributed by atoms with Crippen LogP contribution in [0.3, 0.4) is 0 Å². The zero-order valence-corrected chi connectivity index (χ0v) is 13.4. The molecule has 0 saturated heterocycles.